The molecule has 0 radical (unpaired) electrons. The van der Waals surface area contributed by atoms with E-state index in [4.69, 9.17) is 5.10 Å². The third kappa shape index (κ3) is 3.35. The molecular formula is C25H32N4. The summed E-state index contributed by atoms with van der Waals surface area (Å²) in [5.74, 6) is 0. The lowest BCUT2D eigenvalue weighted by molar-refractivity contribution is 0.478. The topological polar surface area (TPSA) is 57.4 Å². The van der Waals surface area contributed by atoms with Crippen molar-refractivity contribution in [3.63, 3.8) is 0 Å². The van der Waals surface area contributed by atoms with Crippen LogP contribution >= 0.6 is 0 Å². The van der Waals surface area contributed by atoms with Crippen molar-refractivity contribution in [3.05, 3.63) is 58.4 Å². The van der Waals surface area contributed by atoms with E-state index in [-0.39, 0.29) is 10.8 Å². The van der Waals surface area contributed by atoms with E-state index in [2.05, 4.69) is 88.0 Å². The van der Waals surface area contributed by atoms with Gasteiger partial charge >= 0.3 is 0 Å². The van der Waals surface area contributed by atoms with Gasteiger partial charge in [-0.25, -0.2) is 0 Å². The summed E-state index contributed by atoms with van der Waals surface area (Å²) in [5, 5.41) is 18.0. The number of H-pyrrole nitrogens is 2. The van der Waals surface area contributed by atoms with Crippen molar-refractivity contribution < 1.29 is 0 Å². The van der Waals surface area contributed by atoms with Crippen LogP contribution in [0.25, 0.3) is 21.8 Å². The van der Waals surface area contributed by atoms with E-state index in [1.54, 1.807) is 0 Å². The van der Waals surface area contributed by atoms with Gasteiger partial charge in [-0.1, -0.05) is 58.9 Å². The molecule has 0 atom stereocenters. The molecule has 0 fully saturated rings. The first-order valence-electron chi connectivity index (χ1n) is 10.5. The summed E-state index contributed by atoms with van der Waals surface area (Å²) < 4.78 is 0. The van der Waals surface area contributed by atoms with Crippen molar-refractivity contribution in [1.82, 2.24) is 20.4 Å². The molecule has 4 nitrogen and oxygen atoms in total. The standard InChI is InChI=1S/C25H32N4/c1-15-9-11-18-19(27-29-23(18)20(15)24(3,4)5)12-13-25(6,7)21-16(2)8-10-17-14-26-28-22(17)21/h8-11,14H,12-13H2,1-7H3,(H,26,28)(H,27,29). The van der Waals surface area contributed by atoms with E-state index < -0.39 is 0 Å². The molecule has 0 amide bonds. The van der Waals surface area contributed by atoms with Gasteiger partial charge in [-0.05, 0) is 59.8 Å². The average molecular weight is 389 g/mol. The molecule has 0 aliphatic carbocycles. The van der Waals surface area contributed by atoms with Gasteiger partial charge < -0.3 is 0 Å². The third-order valence-electron chi connectivity index (χ3n) is 6.27. The maximum atomic E-state index is 4.74. The minimum atomic E-state index is 0.0190. The Labute approximate surface area is 173 Å². The molecule has 0 bridgehead atoms. The number of hydrogen-bond donors (Lipinski definition) is 2. The highest BCUT2D eigenvalue weighted by atomic mass is 15.1. The summed E-state index contributed by atoms with van der Waals surface area (Å²) in [4.78, 5) is 0. The van der Waals surface area contributed by atoms with E-state index in [9.17, 15) is 0 Å². The van der Waals surface area contributed by atoms with Crippen molar-refractivity contribution in [2.75, 3.05) is 0 Å². The van der Waals surface area contributed by atoms with Gasteiger partial charge in [0, 0.05) is 16.5 Å². The number of hydrogen-bond acceptors (Lipinski definition) is 2. The van der Waals surface area contributed by atoms with Crippen LogP contribution in [0, 0.1) is 13.8 Å². The molecule has 2 heterocycles. The number of aromatic nitrogens is 4. The number of benzene rings is 2. The molecule has 0 unspecified atom stereocenters. The second-order valence-electron chi connectivity index (χ2n) is 10.1. The molecule has 2 aromatic heterocycles. The van der Waals surface area contributed by atoms with Gasteiger partial charge in [-0.15, -0.1) is 0 Å². The molecule has 4 heteroatoms. The Balaban J connectivity index is 1.69. The molecule has 0 aliphatic heterocycles. The monoisotopic (exact) mass is 388 g/mol. The Hall–Kier alpha value is -2.62. The minimum absolute atomic E-state index is 0.0190. The highest BCUT2D eigenvalue weighted by Crippen LogP contribution is 2.37. The highest BCUT2D eigenvalue weighted by molar-refractivity contribution is 5.86. The van der Waals surface area contributed by atoms with Gasteiger partial charge in [0.15, 0.2) is 0 Å². The Kier molecular flexibility index (Phi) is 4.56. The van der Waals surface area contributed by atoms with Crippen LogP contribution in [0.4, 0.5) is 0 Å². The van der Waals surface area contributed by atoms with Gasteiger partial charge in [0.25, 0.3) is 0 Å². The SMILES string of the molecule is Cc1ccc2c(CCC(C)(C)c3c(C)ccc4cn[nH]c34)[nH]nc2c1C(C)(C)C. The lowest BCUT2D eigenvalue weighted by atomic mass is 9.77. The summed E-state index contributed by atoms with van der Waals surface area (Å²) >= 11 is 0. The molecule has 29 heavy (non-hydrogen) atoms. The lowest BCUT2D eigenvalue weighted by Gasteiger charge is -2.27. The van der Waals surface area contributed by atoms with Gasteiger partial charge in [0.05, 0.1) is 17.2 Å². The molecular weight excluding hydrogens is 356 g/mol. The van der Waals surface area contributed by atoms with Gasteiger partial charge in [-0.2, -0.15) is 10.2 Å². The van der Waals surface area contributed by atoms with Crippen LogP contribution in [-0.2, 0) is 17.3 Å². The Morgan fingerprint density at radius 1 is 0.862 bits per heavy atom. The zero-order chi connectivity index (χ0) is 21.0. The number of nitrogens with one attached hydrogen (secondary N) is 2. The van der Waals surface area contributed by atoms with Crippen LogP contribution in [0.5, 0.6) is 0 Å². The number of nitrogens with zero attached hydrogens (tertiary/aromatic N) is 2. The summed E-state index contributed by atoms with van der Waals surface area (Å²) in [7, 11) is 0. The first-order valence-corrected chi connectivity index (χ1v) is 10.5. The highest BCUT2D eigenvalue weighted by Gasteiger charge is 2.27. The summed E-state index contributed by atoms with van der Waals surface area (Å²) in [6.07, 6.45) is 3.90. The van der Waals surface area contributed by atoms with Crippen LogP contribution in [0.15, 0.2) is 30.5 Å². The van der Waals surface area contributed by atoms with Crippen LogP contribution in [-0.4, -0.2) is 20.4 Å². The van der Waals surface area contributed by atoms with Crippen LogP contribution in [0.3, 0.4) is 0 Å². The smallest absolute Gasteiger partial charge is 0.0963 e. The zero-order valence-corrected chi connectivity index (χ0v) is 18.7. The Morgan fingerprint density at radius 2 is 1.55 bits per heavy atom. The first kappa shape index (κ1) is 19.7. The van der Waals surface area contributed by atoms with Gasteiger partial charge in [0.1, 0.15) is 0 Å². The predicted molar refractivity (Wildman–Crippen MR) is 122 cm³/mol. The molecule has 0 saturated carbocycles. The van der Waals surface area contributed by atoms with Crippen LogP contribution in [0.2, 0.25) is 0 Å². The normalized spacial score (nSPS) is 12.9. The Morgan fingerprint density at radius 3 is 2.28 bits per heavy atom. The van der Waals surface area contributed by atoms with Crippen molar-refractivity contribution in [3.8, 4) is 0 Å². The van der Waals surface area contributed by atoms with Crippen molar-refractivity contribution >= 4 is 21.8 Å². The number of aryl methyl sites for hydroxylation is 3. The maximum absolute atomic E-state index is 4.74. The van der Waals surface area contributed by atoms with E-state index in [1.807, 2.05) is 6.20 Å². The lowest BCUT2D eigenvalue weighted by Crippen LogP contribution is -2.20. The molecule has 0 aliphatic rings. The van der Waals surface area contributed by atoms with Crippen LogP contribution < -0.4 is 0 Å². The summed E-state index contributed by atoms with van der Waals surface area (Å²) in [6.45, 7) is 15.8. The molecule has 4 rings (SSSR count). The van der Waals surface area contributed by atoms with E-state index in [0.717, 1.165) is 23.9 Å². The van der Waals surface area contributed by atoms with Crippen LogP contribution in [0.1, 0.15) is 69.0 Å². The maximum Gasteiger partial charge on any atom is 0.0963 e. The fraction of sp³-hybridized carbons (Fsp3) is 0.440. The van der Waals surface area contributed by atoms with Crippen molar-refractivity contribution in [2.24, 2.45) is 0 Å². The molecule has 2 N–H and O–H groups in total. The van der Waals surface area contributed by atoms with Gasteiger partial charge in [0.2, 0.25) is 0 Å². The quantitative estimate of drug-likeness (QED) is 0.433. The first-order chi connectivity index (χ1) is 13.6. The largest absolute Gasteiger partial charge is 0.281 e. The molecule has 0 saturated heterocycles. The molecule has 152 valence electrons. The fourth-order valence-electron chi connectivity index (χ4n) is 4.92. The molecule has 0 spiro atoms. The fourth-order valence-corrected chi connectivity index (χ4v) is 4.92. The average Bonchev–Trinajstić information content (AvgIpc) is 3.24. The summed E-state index contributed by atoms with van der Waals surface area (Å²) in [5.41, 5.74) is 8.93. The number of fused-ring (bicyclic) bond motifs is 2. The second kappa shape index (κ2) is 6.72. The van der Waals surface area contributed by atoms with Gasteiger partial charge in [-0.3, -0.25) is 10.2 Å². The predicted octanol–water partition coefficient (Wildman–Crippen LogP) is 6.26. The number of rotatable bonds is 4. The number of aromatic amines is 2. The van der Waals surface area contributed by atoms with Crippen molar-refractivity contribution in [1.29, 1.82) is 0 Å². The molecule has 2 aromatic carbocycles. The zero-order valence-electron chi connectivity index (χ0n) is 18.7. The molecule has 4 aromatic rings. The Bertz CT molecular complexity index is 1180. The van der Waals surface area contributed by atoms with Crippen molar-refractivity contribution in [2.45, 2.75) is 72.1 Å². The van der Waals surface area contributed by atoms with E-state index >= 15 is 0 Å². The van der Waals surface area contributed by atoms with E-state index in [0.29, 0.717) is 0 Å². The second-order valence-corrected chi connectivity index (χ2v) is 10.1. The minimum Gasteiger partial charge on any atom is -0.281 e. The summed E-state index contributed by atoms with van der Waals surface area (Å²) in [6, 6.07) is 8.82. The van der Waals surface area contributed by atoms with E-state index in [1.165, 1.54) is 38.7 Å². The third-order valence-corrected chi connectivity index (χ3v) is 6.27.